The first kappa shape index (κ1) is 11.8. The van der Waals surface area contributed by atoms with Crippen molar-refractivity contribution in [2.45, 2.75) is 19.8 Å². The van der Waals surface area contributed by atoms with Gasteiger partial charge in [0.05, 0.1) is 0 Å². The van der Waals surface area contributed by atoms with Crippen LogP contribution in [0, 0.1) is 5.92 Å². The van der Waals surface area contributed by atoms with Crippen molar-refractivity contribution in [3.8, 4) is 0 Å². The normalized spacial score (nSPS) is 14.5. The van der Waals surface area contributed by atoms with Gasteiger partial charge in [0, 0.05) is 32.5 Å². The summed E-state index contributed by atoms with van der Waals surface area (Å²) in [5.74, 6) is 0.364. The lowest BCUT2D eigenvalue weighted by Crippen LogP contribution is -2.37. The number of carbonyl (C=O) groups excluding carboxylic acids is 2. The Kier molecular flexibility index (Phi) is 4.34. The lowest BCUT2D eigenvalue weighted by molar-refractivity contribution is -0.129. The first-order valence-corrected chi connectivity index (χ1v) is 5.29. The zero-order valence-corrected chi connectivity index (χ0v) is 9.16. The standard InChI is InChI=1S/C11H18N2O2/c1-3-7-13(9(2)14)8-6-12-11(15)10-4-5-10/h3,10H,1,4-8H2,2H3,(H,12,15). The molecule has 0 radical (unpaired) electrons. The molecule has 1 aliphatic carbocycles. The summed E-state index contributed by atoms with van der Waals surface area (Å²) in [5.41, 5.74) is 0. The Hall–Kier alpha value is -1.32. The van der Waals surface area contributed by atoms with E-state index in [-0.39, 0.29) is 17.7 Å². The quantitative estimate of drug-likeness (QED) is 0.651. The van der Waals surface area contributed by atoms with E-state index in [9.17, 15) is 9.59 Å². The van der Waals surface area contributed by atoms with Gasteiger partial charge >= 0.3 is 0 Å². The molecule has 0 heterocycles. The van der Waals surface area contributed by atoms with E-state index < -0.39 is 0 Å². The maximum absolute atomic E-state index is 11.3. The van der Waals surface area contributed by atoms with Crippen molar-refractivity contribution in [3.05, 3.63) is 12.7 Å². The Balaban J connectivity index is 2.17. The fourth-order valence-corrected chi connectivity index (χ4v) is 1.34. The fraction of sp³-hybridized carbons (Fsp3) is 0.636. The second-order valence-electron chi connectivity index (χ2n) is 3.82. The zero-order chi connectivity index (χ0) is 11.3. The molecular formula is C11H18N2O2. The third-order valence-corrected chi connectivity index (χ3v) is 2.42. The molecule has 0 spiro atoms. The van der Waals surface area contributed by atoms with Crippen LogP contribution in [0.4, 0.5) is 0 Å². The molecule has 0 saturated heterocycles. The monoisotopic (exact) mass is 210 g/mol. The number of hydrogen-bond donors (Lipinski definition) is 1. The summed E-state index contributed by atoms with van der Waals surface area (Å²) in [7, 11) is 0. The van der Waals surface area contributed by atoms with E-state index in [0.717, 1.165) is 12.8 Å². The van der Waals surface area contributed by atoms with E-state index in [4.69, 9.17) is 0 Å². The van der Waals surface area contributed by atoms with E-state index in [1.54, 1.807) is 11.0 Å². The number of amides is 2. The van der Waals surface area contributed by atoms with Crippen molar-refractivity contribution in [1.29, 1.82) is 0 Å². The van der Waals surface area contributed by atoms with Crippen LogP contribution >= 0.6 is 0 Å². The minimum atomic E-state index is 0.00979. The van der Waals surface area contributed by atoms with Gasteiger partial charge in [-0.25, -0.2) is 0 Å². The largest absolute Gasteiger partial charge is 0.354 e. The lowest BCUT2D eigenvalue weighted by Gasteiger charge is -2.19. The maximum Gasteiger partial charge on any atom is 0.223 e. The molecule has 2 amide bonds. The van der Waals surface area contributed by atoms with Crippen molar-refractivity contribution in [3.63, 3.8) is 0 Å². The van der Waals surface area contributed by atoms with Crippen LogP contribution < -0.4 is 5.32 Å². The van der Waals surface area contributed by atoms with Gasteiger partial charge in [0.25, 0.3) is 0 Å². The van der Waals surface area contributed by atoms with Crippen molar-refractivity contribution in [1.82, 2.24) is 10.2 Å². The molecule has 1 fully saturated rings. The Morgan fingerprint density at radius 2 is 2.20 bits per heavy atom. The molecule has 0 aliphatic heterocycles. The summed E-state index contributed by atoms with van der Waals surface area (Å²) in [6, 6.07) is 0. The lowest BCUT2D eigenvalue weighted by atomic mass is 10.4. The average molecular weight is 210 g/mol. The van der Waals surface area contributed by atoms with Crippen LogP contribution in [0.3, 0.4) is 0 Å². The van der Waals surface area contributed by atoms with Crippen LogP contribution in [0.2, 0.25) is 0 Å². The van der Waals surface area contributed by atoms with Gasteiger partial charge in [-0.3, -0.25) is 9.59 Å². The molecule has 84 valence electrons. The highest BCUT2D eigenvalue weighted by Gasteiger charge is 2.29. The van der Waals surface area contributed by atoms with Crippen LogP contribution in [0.1, 0.15) is 19.8 Å². The van der Waals surface area contributed by atoms with E-state index in [1.807, 2.05) is 0 Å². The summed E-state index contributed by atoms with van der Waals surface area (Å²) in [4.78, 5) is 24.1. The Morgan fingerprint density at radius 3 is 2.67 bits per heavy atom. The van der Waals surface area contributed by atoms with Gasteiger partial charge in [-0.05, 0) is 12.8 Å². The Bertz CT molecular complexity index is 259. The highest BCUT2D eigenvalue weighted by atomic mass is 16.2. The third-order valence-electron chi connectivity index (χ3n) is 2.42. The molecule has 0 aromatic rings. The van der Waals surface area contributed by atoms with E-state index in [2.05, 4.69) is 11.9 Å². The summed E-state index contributed by atoms with van der Waals surface area (Å²) >= 11 is 0. The smallest absolute Gasteiger partial charge is 0.223 e. The number of rotatable bonds is 6. The topological polar surface area (TPSA) is 49.4 Å². The molecule has 15 heavy (non-hydrogen) atoms. The Morgan fingerprint density at radius 1 is 1.53 bits per heavy atom. The van der Waals surface area contributed by atoms with Crippen LogP contribution in [0.15, 0.2) is 12.7 Å². The summed E-state index contributed by atoms with van der Waals surface area (Å²) < 4.78 is 0. The summed E-state index contributed by atoms with van der Waals surface area (Å²) in [6.45, 7) is 6.73. The minimum Gasteiger partial charge on any atom is -0.354 e. The van der Waals surface area contributed by atoms with Crippen LogP contribution in [-0.2, 0) is 9.59 Å². The van der Waals surface area contributed by atoms with Crippen molar-refractivity contribution < 1.29 is 9.59 Å². The van der Waals surface area contributed by atoms with E-state index >= 15 is 0 Å². The molecule has 1 N–H and O–H groups in total. The van der Waals surface area contributed by atoms with Gasteiger partial charge in [0.15, 0.2) is 0 Å². The second kappa shape index (κ2) is 5.53. The molecule has 0 unspecified atom stereocenters. The molecule has 0 aromatic carbocycles. The zero-order valence-electron chi connectivity index (χ0n) is 9.16. The van der Waals surface area contributed by atoms with Crippen LogP contribution in [-0.4, -0.2) is 36.3 Å². The van der Waals surface area contributed by atoms with Gasteiger partial charge < -0.3 is 10.2 Å². The molecule has 1 aliphatic rings. The first-order chi connectivity index (χ1) is 7.15. The van der Waals surface area contributed by atoms with Gasteiger partial charge in [0.1, 0.15) is 0 Å². The van der Waals surface area contributed by atoms with Gasteiger partial charge in [-0.15, -0.1) is 6.58 Å². The predicted molar refractivity (Wildman–Crippen MR) is 58.2 cm³/mol. The number of nitrogens with one attached hydrogen (secondary N) is 1. The molecule has 4 heteroatoms. The molecule has 4 nitrogen and oxygen atoms in total. The van der Waals surface area contributed by atoms with E-state index in [0.29, 0.717) is 19.6 Å². The summed E-state index contributed by atoms with van der Waals surface area (Å²) in [6.07, 6.45) is 3.70. The summed E-state index contributed by atoms with van der Waals surface area (Å²) in [5, 5.41) is 2.82. The van der Waals surface area contributed by atoms with Crippen molar-refractivity contribution >= 4 is 11.8 Å². The molecule has 1 saturated carbocycles. The minimum absolute atomic E-state index is 0.00979. The molecule has 0 atom stereocenters. The van der Waals surface area contributed by atoms with Crippen molar-refractivity contribution in [2.24, 2.45) is 5.92 Å². The SMILES string of the molecule is C=CCN(CCNC(=O)C1CC1)C(C)=O. The average Bonchev–Trinajstić information content (AvgIpc) is 2.99. The van der Waals surface area contributed by atoms with Gasteiger partial charge in [-0.2, -0.15) is 0 Å². The van der Waals surface area contributed by atoms with E-state index in [1.165, 1.54) is 6.92 Å². The molecule has 0 aromatic heterocycles. The van der Waals surface area contributed by atoms with Crippen molar-refractivity contribution in [2.75, 3.05) is 19.6 Å². The maximum atomic E-state index is 11.3. The highest BCUT2D eigenvalue weighted by molar-refractivity contribution is 5.80. The van der Waals surface area contributed by atoms with Gasteiger partial charge in [-0.1, -0.05) is 6.08 Å². The second-order valence-corrected chi connectivity index (χ2v) is 3.82. The fourth-order valence-electron chi connectivity index (χ4n) is 1.34. The number of carbonyl (C=O) groups is 2. The molecule has 1 rings (SSSR count). The number of nitrogens with zero attached hydrogens (tertiary/aromatic N) is 1. The molecular weight excluding hydrogens is 192 g/mol. The molecule has 0 bridgehead atoms. The number of hydrogen-bond acceptors (Lipinski definition) is 2. The van der Waals surface area contributed by atoms with Crippen LogP contribution in [0.25, 0.3) is 0 Å². The van der Waals surface area contributed by atoms with Gasteiger partial charge in [0.2, 0.25) is 11.8 Å². The highest BCUT2D eigenvalue weighted by Crippen LogP contribution is 2.28. The van der Waals surface area contributed by atoms with Crippen LogP contribution in [0.5, 0.6) is 0 Å². The third kappa shape index (κ3) is 4.14. The predicted octanol–water partition coefficient (Wildman–Crippen LogP) is 0.547. The Labute approximate surface area is 90.3 Å². The first-order valence-electron chi connectivity index (χ1n) is 5.29.